The van der Waals surface area contributed by atoms with Crippen molar-refractivity contribution in [2.75, 3.05) is 5.73 Å². The minimum absolute atomic E-state index is 0.0479. The molecule has 0 fully saturated rings. The second kappa shape index (κ2) is 5.16. The number of nitrogens with one attached hydrogen (secondary N) is 2. The zero-order chi connectivity index (χ0) is 13.8. The summed E-state index contributed by atoms with van der Waals surface area (Å²) >= 11 is 0. The summed E-state index contributed by atoms with van der Waals surface area (Å²) in [4.78, 5) is 29.3. The van der Waals surface area contributed by atoms with Crippen molar-refractivity contribution in [3.05, 3.63) is 23.9 Å². The largest absolute Gasteiger partial charge is 0.480 e. The van der Waals surface area contributed by atoms with Crippen molar-refractivity contribution >= 4 is 17.7 Å². The molecular formula is C9H10N6O4. The molecule has 2 aromatic heterocycles. The van der Waals surface area contributed by atoms with Crippen LogP contribution in [-0.4, -0.2) is 43.3 Å². The average Bonchev–Trinajstić information content (AvgIpc) is 2.99. The van der Waals surface area contributed by atoms with Crippen LogP contribution in [0.3, 0.4) is 0 Å². The van der Waals surface area contributed by atoms with E-state index in [-0.39, 0.29) is 17.9 Å². The number of aromatic amines is 1. The van der Waals surface area contributed by atoms with Gasteiger partial charge in [0.05, 0.1) is 6.33 Å². The van der Waals surface area contributed by atoms with Crippen molar-refractivity contribution in [3.8, 4) is 0 Å². The zero-order valence-corrected chi connectivity index (χ0v) is 9.53. The monoisotopic (exact) mass is 266 g/mol. The fraction of sp³-hybridized carbons (Fsp3) is 0.222. The van der Waals surface area contributed by atoms with E-state index in [2.05, 4.69) is 30.2 Å². The number of anilines is 1. The Morgan fingerprint density at radius 2 is 2.32 bits per heavy atom. The third-order valence-corrected chi connectivity index (χ3v) is 2.31. The SMILES string of the molecule is Nc1nonc1C(=O)N[C@@H](Cc1cnc[nH]1)C(=O)O. The van der Waals surface area contributed by atoms with Gasteiger partial charge in [0.25, 0.3) is 5.91 Å². The van der Waals surface area contributed by atoms with E-state index in [4.69, 9.17) is 10.8 Å². The summed E-state index contributed by atoms with van der Waals surface area (Å²) in [7, 11) is 0. The standard InChI is InChI=1S/C9H10N6O4/c10-7-6(14-19-15-7)8(16)13-5(9(17)18)1-4-2-11-3-12-4/h2-3,5H,1H2,(H2,10,15)(H,11,12)(H,13,16)(H,17,18)/t5-/m0/s1. The number of rotatable bonds is 5. The van der Waals surface area contributed by atoms with Gasteiger partial charge in [-0.3, -0.25) is 4.79 Å². The number of imidazole rings is 1. The number of carbonyl (C=O) groups is 2. The number of hydrogen-bond acceptors (Lipinski definition) is 7. The highest BCUT2D eigenvalue weighted by atomic mass is 16.6. The lowest BCUT2D eigenvalue weighted by molar-refractivity contribution is -0.139. The Morgan fingerprint density at radius 1 is 1.53 bits per heavy atom. The molecule has 19 heavy (non-hydrogen) atoms. The summed E-state index contributed by atoms with van der Waals surface area (Å²) in [6, 6.07) is -1.15. The lowest BCUT2D eigenvalue weighted by Gasteiger charge is -2.12. The zero-order valence-electron chi connectivity index (χ0n) is 9.53. The lowest BCUT2D eigenvalue weighted by atomic mass is 10.1. The maximum absolute atomic E-state index is 11.7. The highest BCUT2D eigenvalue weighted by Crippen LogP contribution is 2.05. The van der Waals surface area contributed by atoms with E-state index in [1.807, 2.05) is 0 Å². The Balaban J connectivity index is 2.07. The Morgan fingerprint density at radius 3 is 2.84 bits per heavy atom. The van der Waals surface area contributed by atoms with Gasteiger partial charge in [0.15, 0.2) is 0 Å². The number of nitrogen functional groups attached to an aromatic ring is 1. The molecule has 0 spiro atoms. The number of H-pyrrole nitrogens is 1. The van der Waals surface area contributed by atoms with E-state index < -0.39 is 17.9 Å². The first-order valence-corrected chi connectivity index (χ1v) is 5.17. The van der Waals surface area contributed by atoms with Gasteiger partial charge in [-0.1, -0.05) is 0 Å². The van der Waals surface area contributed by atoms with Crippen molar-refractivity contribution in [2.24, 2.45) is 0 Å². The molecule has 0 radical (unpaired) electrons. The van der Waals surface area contributed by atoms with Gasteiger partial charge < -0.3 is 21.1 Å². The number of nitrogens with two attached hydrogens (primary N) is 1. The van der Waals surface area contributed by atoms with Gasteiger partial charge in [-0.15, -0.1) is 0 Å². The summed E-state index contributed by atoms with van der Waals surface area (Å²) in [5, 5.41) is 17.8. The molecule has 5 N–H and O–H groups in total. The quantitative estimate of drug-likeness (QED) is 0.524. The molecule has 0 saturated heterocycles. The highest BCUT2D eigenvalue weighted by Gasteiger charge is 2.24. The van der Waals surface area contributed by atoms with E-state index in [1.54, 1.807) is 0 Å². The molecule has 0 aliphatic rings. The number of carboxylic acids is 1. The molecule has 0 aliphatic carbocycles. The summed E-state index contributed by atoms with van der Waals surface area (Å²) in [5.74, 6) is -2.17. The maximum atomic E-state index is 11.7. The highest BCUT2D eigenvalue weighted by molar-refractivity contribution is 5.98. The molecule has 0 unspecified atom stereocenters. The topological polar surface area (TPSA) is 160 Å². The molecule has 0 aliphatic heterocycles. The second-order valence-electron chi connectivity index (χ2n) is 3.64. The van der Waals surface area contributed by atoms with Crippen molar-refractivity contribution < 1.29 is 19.3 Å². The summed E-state index contributed by atoms with van der Waals surface area (Å²) in [5.41, 5.74) is 5.65. The van der Waals surface area contributed by atoms with E-state index in [0.29, 0.717) is 5.69 Å². The number of hydrogen-bond donors (Lipinski definition) is 4. The number of carbonyl (C=O) groups excluding carboxylic acids is 1. The van der Waals surface area contributed by atoms with Crippen molar-refractivity contribution in [1.82, 2.24) is 25.6 Å². The number of amides is 1. The number of carboxylic acid groups (broad SMARTS) is 1. The molecule has 0 bridgehead atoms. The van der Waals surface area contributed by atoms with Crippen molar-refractivity contribution in [2.45, 2.75) is 12.5 Å². The van der Waals surface area contributed by atoms with Crippen LogP contribution >= 0.6 is 0 Å². The smallest absolute Gasteiger partial charge is 0.326 e. The van der Waals surface area contributed by atoms with E-state index in [9.17, 15) is 9.59 Å². The maximum Gasteiger partial charge on any atom is 0.326 e. The first-order valence-electron chi connectivity index (χ1n) is 5.17. The van der Waals surface area contributed by atoms with Gasteiger partial charge in [0.2, 0.25) is 11.5 Å². The van der Waals surface area contributed by atoms with Gasteiger partial charge in [-0.05, 0) is 10.3 Å². The van der Waals surface area contributed by atoms with Crippen LogP contribution in [0.2, 0.25) is 0 Å². The van der Waals surface area contributed by atoms with Crippen LogP contribution in [0, 0.1) is 0 Å². The minimum atomic E-state index is -1.20. The van der Waals surface area contributed by atoms with E-state index in [0.717, 1.165) is 0 Å². The van der Waals surface area contributed by atoms with Crippen LogP contribution in [0.25, 0.3) is 0 Å². The number of nitrogens with zero attached hydrogens (tertiary/aromatic N) is 3. The van der Waals surface area contributed by atoms with Crippen LogP contribution in [-0.2, 0) is 11.2 Å². The third-order valence-electron chi connectivity index (χ3n) is 2.31. The van der Waals surface area contributed by atoms with Gasteiger partial charge in [0, 0.05) is 18.3 Å². The molecule has 0 aromatic carbocycles. The minimum Gasteiger partial charge on any atom is -0.480 e. The fourth-order valence-corrected chi connectivity index (χ4v) is 1.40. The Labute approximate surface area is 106 Å². The Kier molecular flexibility index (Phi) is 3.41. The van der Waals surface area contributed by atoms with Crippen LogP contribution in [0.5, 0.6) is 0 Å². The lowest BCUT2D eigenvalue weighted by Crippen LogP contribution is -2.42. The summed E-state index contributed by atoms with van der Waals surface area (Å²) in [6.07, 6.45) is 2.93. The first-order chi connectivity index (χ1) is 9.08. The molecule has 100 valence electrons. The van der Waals surface area contributed by atoms with Crippen LogP contribution in [0.1, 0.15) is 16.2 Å². The van der Waals surface area contributed by atoms with Crippen LogP contribution in [0.4, 0.5) is 5.82 Å². The second-order valence-corrected chi connectivity index (χ2v) is 3.64. The molecular weight excluding hydrogens is 256 g/mol. The first kappa shape index (κ1) is 12.5. The molecule has 2 aromatic rings. The Hall–Kier alpha value is -2.91. The summed E-state index contributed by atoms with van der Waals surface area (Å²) in [6.45, 7) is 0. The Bertz CT molecular complexity index is 577. The molecule has 10 nitrogen and oxygen atoms in total. The van der Waals surface area contributed by atoms with Crippen LogP contribution < -0.4 is 11.1 Å². The van der Waals surface area contributed by atoms with Gasteiger partial charge in [-0.25, -0.2) is 14.4 Å². The van der Waals surface area contributed by atoms with Crippen molar-refractivity contribution in [3.63, 3.8) is 0 Å². The van der Waals surface area contributed by atoms with E-state index >= 15 is 0 Å². The predicted molar refractivity (Wildman–Crippen MR) is 59.9 cm³/mol. The normalized spacial score (nSPS) is 12.0. The number of aromatic nitrogens is 4. The summed E-state index contributed by atoms with van der Waals surface area (Å²) < 4.78 is 4.26. The third kappa shape index (κ3) is 2.86. The molecule has 2 rings (SSSR count). The average molecular weight is 266 g/mol. The van der Waals surface area contributed by atoms with E-state index in [1.165, 1.54) is 12.5 Å². The number of aliphatic carboxylic acids is 1. The predicted octanol–water partition coefficient (Wildman–Crippen LogP) is -1.20. The molecule has 1 atom stereocenters. The van der Waals surface area contributed by atoms with Gasteiger partial charge >= 0.3 is 5.97 Å². The van der Waals surface area contributed by atoms with Crippen LogP contribution in [0.15, 0.2) is 17.2 Å². The molecule has 1 amide bonds. The molecule has 0 saturated carbocycles. The van der Waals surface area contributed by atoms with Crippen molar-refractivity contribution in [1.29, 1.82) is 0 Å². The molecule has 10 heteroatoms. The molecule has 2 heterocycles. The fourth-order valence-electron chi connectivity index (χ4n) is 1.40. The van der Waals surface area contributed by atoms with Gasteiger partial charge in [-0.2, -0.15) is 0 Å². The van der Waals surface area contributed by atoms with Gasteiger partial charge in [0.1, 0.15) is 6.04 Å².